The van der Waals surface area contributed by atoms with Crippen molar-refractivity contribution >= 4 is 72.1 Å². The number of para-hydroxylation sites is 3. The Labute approximate surface area is 318 Å². The smallest absolute Gasteiger partial charge is 0.158 e. The number of furan rings is 2. The summed E-state index contributed by atoms with van der Waals surface area (Å²) in [5.41, 5.74) is 15.5. The van der Waals surface area contributed by atoms with Gasteiger partial charge in [0.1, 0.15) is 16.7 Å². The monoisotopic (exact) mass is 710 g/mol. The van der Waals surface area contributed by atoms with Crippen molar-refractivity contribution in [3.8, 4) is 5.69 Å². The number of allylic oxidation sites excluding steroid dienone is 6. The zero-order valence-corrected chi connectivity index (χ0v) is 30.6. The lowest BCUT2D eigenvalue weighted by atomic mass is 9.59. The Morgan fingerprint density at radius 2 is 1.58 bits per heavy atom. The van der Waals surface area contributed by atoms with Crippen LogP contribution in [0.15, 0.2) is 166 Å². The maximum absolute atomic E-state index is 6.60. The van der Waals surface area contributed by atoms with Crippen molar-refractivity contribution < 1.29 is 8.83 Å². The lowest BCUT2D eigenvalue weighted by Crippen LogP contribution is -2.42. The van der Waals surface area contributed by atoms with Gasteiger partial charge in [-0.05, 0) is 90.6 Å². The number of rotatable bonds is 3. The van der Waals surface area contributed by atoms with Gasteiger partial charge in [-0.15, -0.1) is 5.73 Å². The number of anilines is 1. The highest BCUT2D eigenvalue weighted by Crippen LogP contribution is 2.59. The number of benzene rings is 5. The molecule has 1 fully saturated rings. The van der Waals surface area contributed by atoms with Crippen LogP contribution >= 0.6 is 0 Å². The summed E-state index contributed by atoms with van der Waals surface area (Å²) in [6, 6.07) is 37.3. The summed E-state index contributed by atoms with van der Waals surface area (Å²) < 4.78 is 15.5. The molecular weight excluding hydrogens is 673 g/mol. The number of nitrogens with zero attached hydrogens (tertiary/aromatic N) is 2. The van der Waals surface area contributed by atoms with Gasteiger partial charge in [0.2, 0.25) is 0 Å². The summed E-state index contributed by atoms with van der Waals surface area (Å²) >= 11 is 0. The summed E-state index contributed by atoms with van der Waals surface area (Å²) in [6.45, 7) is 3.33. The molecule has 1 saturated heterocycles. The fourth-order valence-corrected chi connectivity index (χ4v) is 10.4. The molecule has 0 N–H and O–H groups in total. The zero-order valence-electron chi connectivity index (χ0n) is 30.6. The van der Waals surface area contributed by atoms with Crippen LogP contribution < -0.4 is 4.90 Å². The van der Waals surface area contributed by atoms with E-state index in [-0.39, 0.29) is 16.9 Å². The SMILES string of the molecule is CC12C=CC=CC1N(c1cccc3c1oc1ccccc13)CC21C=C(c2ccc3oc4ccc(-n5c6c(c7ccccc75)CCC=C=C6)cc4c3c2)C=CC1. The first kappa shape index (κ1) is 30.9. The van der Waals surface area contributed by atoms with E-state index < -0.39 is 0 Å². The van der Waals surface area contributed by atoms with E-state index in [2.05, 4.69) is 180 Å². The molecule has 3 atom stereocenters. The quantitative estimate of drug-likeness (QED) is 0.171. The van der Waals surface area contributed by atoms with E-state index >= 15 is 0 Å². The van der Waals surface area contributed by atoms with E-state index in [0.29, 0.717) is 0 Å². The number of aromatic nitrogens is 1. The summed E-state index contributed by atoms with van der Waals surface area (Å²) in [4.78, 5) is 2.60. The Balaban J connectivity index is 0.981. The molecule has 3 unspecified atom stereocenters. The summed E-state index contributed by atoms with van der Waals surface area (Å²) in [5, 5.41) is 5.91. The molecule has 0 radical (unpaired) electrons. The zero-order chi connectivity index (χ0) is 36.3. The van der Waals surface area contributed by atoms with E-state index in [9.17, 15) is 0 Å². The van der Waals surface area contributed by atoms with Gasteiger partial charge in [0.15, 0.2) is 5.58 Å². The average Bonchev–Trinajstić information content (AvgIpc) is 3.88. The van der Waals surface area contributed by atoms with Gasteiger partial charge in [0.05, 0.1) is 22.9 Å². The maximum atomic E-state index is 6.60. The van der Waals surface area contributed by atoms with Crippen molar-refractivity contribution in [1.29, 1.82) is 0 Å². The largest absolute Gasteiger partial charge is 0.456 e. The van der Waals surface area contributed by atoms with Crippen LogP contribution in [0.4, 0.5) is 5.69 Å². The minimum absolute atomic E-state index is 0.130. The Hall–Kier alpha value is -6.48. The predicted molar refractivity (Wildman–Crippen MR) is 227 cm³/mol. The van der Waals surface area contributed by atoms with E-state index in [4.69, 9.17) is 8.83 Å². The summed E-state index contributed by atoms with van der Waals surface area (Å²) in [5.74, 6) is 0. The number of hydrogen-bond donors (Lipinski definition) is 0. The van der Waals surface area contributed by atoms with Crippen molar-refractivity contribution in [3.05, 3.63) is 174 Å². The van der Waals surface area contributed by atoms with Crippen LogP contribution in [0.5, 0.6) is 0 Å². The first-order valence-corrected chi connectivity index (χ1v) is 19.5. The number of aryl methyl sites for hydroxylation is 1. The Morgan fingerprint density at radius 3 is 2.53 bits per heavy atom. The molecule has 0 bridgehead atoms. The highest BCUT2D eigenvalue weighted by molar-refractivity contribution is 6.09. The fourth-order valence-electron chi connectivity index (χ4n) is 10.4. The molecule has 4 aliphatic rings. The standard InChI is InChI=1S/C51H38N2O2/c1-50-27-10-9-22-48(50)52(44-20-11-17-39-38-16-6-8-21-45(38)55-49(39)44)32-51(50)28-12-13-34(31-51)33-23-25-46-40(29-33)41-30-35(24-26-47(41)54-46)53-42-18-4-2-3-14-36(42)37-15-5-7-19-43(37)53/h2,5-13,15-27,29-31,48H,3,14,28,32H2,1H3. The number of hydrogen-bond acceptors (Lipinski definition) is 3. The molecule has 0 saturated carbocycles. The molecule has 4 heterocycles. The van der Waals surface area contributed by atoms with Gasteiger partial charge in [-0.1, -0.05) is 104 Å². The van der Waals surface area contributed by atoms with Gasteiger partial charge < -0.3 is 18.3 Å². The fraction of sp³-hybridized carbons (Fsp3) is 0.157. The minimum atomic E-state index is -0.132. The van der Waals surface area contributed by atoms with Crippen LogP contribution in [0.1, 0.15) is 36.6 Å². The third-order valence-corrected chi connectivity index (χ3v) is 13.2. The van der Waals surface area contributed by atoms with Crippen LogP contribution in [-0.2, 0) is 6.42 Å². The second-order valence-corrected chi connectivity index (χ2v) is 16.0. The molecule has 1 spiro atoms. The third kappa shape index (κ3) is 4.29. The van der Waals surface area contributed by atoms with Gasteiger partial charge in [0.25, 0.3) is 0 Å². The van der Waals surface area contributed by atoms with E-state index in [1.165, 1.54) is 38.7 Å². The van der Waals surface area contributed by atoms with E-state index in [1.807, 2.05) is 0 Å². The molecule has 1 aliphatic heterocycles. The Kier molecular flexibility index (Phi) is 6.34. The lowest BCUT2D eigenvalue weighted by Gasteiger charge is -2.43. The van der Waals surface area contributed by atoms with Crippen molar-refractivity contribution in [2.75, 3.05) is 11.4 Å². The van der Waals surface area contributed by atoms with E-state index in [0.717, 1.165) is 75.7 Å². The minimum Gasteiger partial charge on any atom is -0.456 e. The van der Waals surface area contributed by atoms with Crippen LogP contribution in [0.3, 0.4) is 0 Å². The van der Waals surface area contributed by atoms with Gasteiger partial charge >= 0.3 is 0 Å². The highest BCUT2D eigenvalue weighted by atomic mass is 16.3. The first-order chi connectivity index (χ1) is 27.1. The molecule has 12 rings (SSSR count). The average molecular weight is 711 g/mol. The molecule has 4 heteroatoms. The van der Waals surface area contributed by atoms with Crippen LogP contribution in [-0.4, -0.2) is 17.2 Å². The predicted octanol–water partition coefficient (Wildman–Crippen LogP) is 12.9. The Bertz CT molecular complexity index is 3130. The third-order valence-electron chi connectivity index (χ3n) is 13.2. The molecule has 3 aromatic heterocycles. The summed E-state index contributed by atoms with van der Waals surface area (Å²) in [6.07, 6.45) is 23.9. The second kappa shape index (κ2) is 11.3. The van der Waals surface area contributed by atoms with Gasteiger partial charge in [-0.3, -0.25) is 0 Å². The van der Waals surface area contributed by atoms with Crippen molar-refractivity contribution in [2.45, 2.75) is 32.2 Å². The molecule has 3 aliphatic carbocycles. The maximum Gasteiger partial charge on any atom is 0.158 e. The van der Waals surface area contributed by atoms with Gasteiger partial charge in [-0.25, -0.2) is 0 Å². The first-order valence-electron chi connectivity index (χ1n) is 19.5. The Morgan fingerprint density at radius 1 is 0.764 bits per heavy atom. The number of fused-ring (bicyclic) bond motifs is 11. The van der Waals surface area contributed by atoms with Crippen LogP contribution in [0, 0.1) is 10.8 Å². The molecule has 0 amide bonds. The van der Waals surface area contributed by atoms with Crippen LogP contribution in [0.25, 0.3) is 72.1 Å². The topological polar surface area (TPSA) is 34.5 Å². The molecule has 55 heavy (non-hydrogen) atoms. The molecule has 4 nitrogen and oxygen atoms in total. The van der Waals surface area contributed by atoms with Crippen molar-refractivity contribution in [1.82, 2.24) is 4.57 Å². The second-order valence-electron chi connectivity index (χ2n) is 16.0. The van der Waals surface area contributed by atoms with Gasteiger partial charge in [-0.2, -0.15) is 0 Å². The van der Waals surface area contributed by atoms with Crippen molar-refractivity contribution in [2.24, 2.45) is 10.8 Å². The lowest BCUT2D eigenvalue weighted by molar-refractivity contribution is 0.214. The van der Waals surface area contributed by atoms with E-state index in [1.54, 1.807) is 0 Å². The van der Waals surface area contributed by atoms with Crippen LogP contribution in [0.2, 0.25) is 0 Å². The molecule has 264 valence electrons. The highest BCUT2D eigenvalue weighted by Gasteiger charge is 2.58. The molecular formula is C51H38N2O2. The summed E-state index contributed by atoms with van der Waals surface area (Å²) in [7, 11) is 0. The van der Waals surface area contributed by atoms with Gasteiger partial charge in [0, 0.05) is 56.1 Å². The van der Waals surface area contributed by atoms with Crippen molar-refractivity contribution in [3.63, 3.8) is 0 Å². The molecule has 5 aromatic carbocycles. The normalized spacial score (nSPS) is 22.8. The molecule has 8 aromatic rings.